The zero-order valence-electron chi connectivity index (χ0n) is 10.5. The van der Waals surface area contributed by atoms with E-state index in [9.17, 15) is 0 Å². The van der Waals surface area contributed by atoms with E-state index in [4.69, 9.17) is 27.8 Å². The van der Waals surface area contributed by atoms with E-state index in [2.05, 4.69) is 0 Å². The molecule has 0 atom stereocenters. The van der Waals surface area contributed by atoms with Gasteiger partial charge in [0.05, 0.1) is 6.61 Å². The van der Waals surface area contributed by atoms with Crippen LogP contribution < -0.4 is 16.2 Å². The van der Waals surface area contributed by atoms with E-state index in [-0.39, 0.29) is 5.92 Å². The molecule has 0 aliphatic carbocycles. The Morgan fingerprint density at radius 2 is 1.94 bits per heavy atom. The fraction of sp³-hybridized carbons (Fsp3) is 0.538. The van der Waals surface area contributed by atoms with Crippen LogP contribution in [0.3, 0.4) is 0 Å². The molecule has 1 rings (SSSR count). The summed E-state index contributed by atoms with van der Waals surface area (Å²) in [5, 5.41) is 0.760. The largest absolute Gasteiger partial charge is 0.494 e. The van der Waals surface area contributed by atoms with E-state index in [1.54, 1.807) is 0 Å². The fourth-order valence-corrected chi connectivity index (χ4v) is 1.91. The van der Waals surface area contributed by atoms with Gasteiger partial charge in [-0.2, -0.15) is 0 Å². The van der Waals surface area contributed by atoms with Gasteiger partial charge in [-0.15, -0.1) is 0 Å². The SMILES string of the molecule is CCOc1cc(C)c(Cl)cc1CC(CN)CN. The highest BCUT2D eigenvalue weighted by Crippen LogP contribution is 2.28. The van der Waals surface area contributed by atoms with Gasteiger partial charge >= 0.3 is 0 Å². The van der Waals surface area contributed by atoms with E-state index < -0.39 is 0 Å². The zero-order chi connectivity index (χ0) is 12.8. The molecular weight excluding hydrogens is 236 g/mol. The van der Waals surface area contributed by atoms with Crippen molar-refractivity contribution in [3.05, 3.63) is 28.3 Å². The molecule has 0 spiro atoms. The van der Waals surface area contributed by atoms with Crippen LogP contribution in [-0.2, 0) is 6.42 Å². The van der Waals surface area contributed by atoms with Crippen molar-refractivity contribution < 1.29 is 4.74 Å². The minimum absolute atomic E-state index is 0.271. The lowest BCUT2D eigenvalue weighted by atomic mass is 9.98. The highest BCUT2D eigenvalue weighted by Gasteiger charge is 2.12. The van der Waals surface area contributed by atoms with Crippen LogP contribution in [0.5, 0.6) is 5.75 Å². The lowest BCUT2D eigenvalue weighted by Gasteiger charge is -2.16. The maximum absolute atomic E-state index is 6.14. The molecule has 0 heterocycles. The molecular formula is C13H21ClN2O. The minimum atomic E-state index is 0.271. The van der Waals surface area contributed by atoms with E-state index >= 15 is 0 Å². The second-order valence-electron chi connectivity index (χ2n) is 4.18. The molecule has 4 heteroatoms. The highest BCUT2D eigenvalue weighted by molar-refractivity contribution is 6.31. The molecule has 0 aromatic heterocycles. The Balaban J connectivity index is 2.98. The average Bonchev–Trinajstić information content (AvgIpc) is 2.32. The van der Waals surface area contributed by atoms with Crippen molar-refractivity contribution >= 4 is 11.6 Å². The maximum atomic E-state index is 6.14. The van der Waals surface area contributed by atoms with Crippen molar-refractivity contribution in [2.24, 2.45) is 17.4 Å². The van der Waals surface area contributed by atoms with Gasteiger partial charge in [-0.05, 0) is 62.5 Å². The first kappa shape index (κ1) is 14.3. The number of halogens is 1. The summed E-state index contributed by atoms with van der Waals surface area (Å²) in [6.07, 6.45) is 0.808. The maximum Gasteiger partial charge on any atom is 0.122 e. The summed E-state index contributed by atoms with van der Waals surface area (Å²) in [7, 11) is 0. The first-order chi connectivity index (χ1) is 8.12. The van der Waals surface area contributed by atoms with Crippen LogP contribution >= 0.6 is 11.6 Å². The first-order valence-electron chi connectivity index (χ1n) is 5.94. The van der Waals surface area contributed by atoms with Gasteiger partial charge in [-0.3, -0.25) is 0 Å². The third-order valence-electron chi connectivity index (χ3n) is 2.82. The van der Waals surface area contributed by atoms with Crippen LogP contribution in [0, 0.1) is 12.8 Å². The summed E-state index contributed by atoms with van der Waals surface area (Å²) in [6.45, 7) is 5.74. The standard InChI is InChI=1S/C13H21ClN2O/c1-3-17-13-4-9(2)12(14)6-11(13)5-10(7-15)8-16/h4,6,10H,3,5,7-8,15-16H2,1-2H3. The number of ether oxygens (including phenoxy) is 1. The molecule has 4 N–H and O–H groups in total. The molecule has 1 aromatic carbocycles. The normalized spacial score (nSPS) is 10.9. The molecule has 0 aliphatic heterocycles. The van der Waals surface area contributed by atoms with Gasteiger partial charge < -0.3 is 16.2 Å². The Bertz CT molecular complexity index is 365. The number of benzene rings is 1. The van der Waals surface area contributed by atoms with E-state index in [0.717, 1.165) is 28.3 Å². The number of nitrogens with two attached hydrogens (primary N) is 2. The molecule has 0 amide bonds. The molecule has 17 heavy (non-hydrogen) atoms. The molecule has 0 saturated carbocycles. The van der Waals surface area contributed by atoms with Gasteiger partial charge in [0.1, 0.15) is 5.75 Å². The van der Waals surface area contributed by atoms with Crippen molar-refractivity contribution in [1.82, 2.24) is 0 Å². The topological polar surface area (TPSA) is 61.3 Å². The number of hydrogen-bond donors (Lipinski definition) is 2. The molecule has 3 nitrogen and oxygen atoms in total. The Labute approximate surface area is 108 Å². The lowest BCUT2D eigenvalue weighted by molar-refractivity contribution is 0.334. The molecule has 0 aliphatic rings. The van der Waals surface area contributed by atoms with E-state index in [0.29, 0.717) is 19.7 Å². The summed E-state index contributed by atoms with van der Waals surface area (Å²) in [4.78, 5) is 0. The summed E-state index contributed by atoms with van der Waals surface area (Å²) in [5.74, 6) is 1.16. The van der Waals surface area contributed by atoms with Crippen LogP contribution in [0.1, 0.15) is 18.1 Å². The smallest absolute Gasteiger partial charge is 0.122 e. The predicted molar refractivity (Wildman–Crippen MR) is 72.7 cm³/mol. The minimum Gasteiger partial charge on any atom is -0.494 e. The quantitative estimate of drug-likeness (QED) is 0.820. The van der Waals surface area contributed by atoms with E-state index in [1.807, 2.05) is 26.0 Å². The third-order valence-corrected chi connectivity index (χ3v) is 3.22. The number of hydrogen-bond acceptors (Lipinski definition) is 3. The third kappa shape index (κ3) is 3.87. The molecule has 1 aromatic rings. The van der Waals surface area contributed by atoms with Crippen molar-refractivity contribution in [1.29, 1.82) is 0 Å². The van der Waals surface area contributed by atoms with Crippen LogP contribution in [0.4, 0.5) is 0 Å². The van der Waals surface area contributed by atoms with E-state index in [1.165, 1.54) is 0 Å². The van der Waals surface area contributed by atoms with Gasteiger partial charge in [0.2, 0.25) is 0 Å². The molecule has 96 valence electrons. The Kier molecular flexibility index (Phi) is 5.75. The van der Waals surface area contributed by atoms with Crippen LogP contribution in [0.2, 0.25) is 5.02 Å². The van der Waals surface area contributed by atoms with Gasteiger partial charge in [0.25, 0.3) is 0 Å². The number of rotatable bonds is 6. The molecule has 0 radical (unpaired) electrons. The van der Waals surface area contributed by atoms with Crippen molar-refractivity contribution in [2.75, 3.05) is 19.7 Å². The Hall–Kier alpha value is -0.770. The molecule has 0 fully saturated rings. The van der Waals surface area contributed by atoms with Crippen molar-refractivity contribution in [3.63, 3.8) is 0 Å². The summed E-state index contributed by atoms with van der Waals surface area (Å²) < 4.78 is 5.62. The zero-order valence-corrected chi connectivity index (χ0v) is 11.3. The Morgan fingerprint density at radius 3 is 2.47 bits per heavy atom. The van der Waals surface area contributed by atoms with Crippen molar-refractivity contribution in [2.45, 2.75) is 20.3 Å². The first-order valence-corrected chi connectivity index (χ1v) is 6.32. The predicted octanol–water partition coefficient (Wildman–Crippen LogP) is 2.12. The van der Waals surface area contributed by atoms with Gasteiger partial charge in [-0.1, -0.05) is 11.6 Å². The van der Waals surface area contributed by atoms with Crippen LogP contribution in [0.15, 0.2) is 12.1 Å². The summed E-state index contributed by atoms with van der Waals surface area (Å²) >= 11 is 6.14. The fourth-order valence-electron chi connectivity index (χ4n) is 1.72. The van der Waals surface area contributed by atoms with Gasteiger partial charge in [0.15, 0.2) is 0 Å². The monoisotopic (exact) mass is 256 g/mol. The van der Waals surface area contributed by atoms with Crippen molar-refractivity contribution in [3.8, 4) is 5.75 Å². The summed E-state index contributed by atoms with van der Waals surface area (Å²) in [5.41, 5.74) is 13.4. The Morgan fingerprint density at radius 1 is 1.29 bits per heavy atom. The van der Waals surface area contributed by atoms with Gasteiger partial charge in [-0.25, -0.2) is 0 Å². The molecule has 0 unspecified atom stereocenters. The second kappa shape index (κ2) is 6.84. The highest BCUT2D eigenvalue weighted by atomic mass is 35.5. The molecule has 0 saturated heterocycles. The summed E-state index contributed by atoms with van der Waals surface area (Å²) in [6, 6.07) is 3.94. The average molecular weight is 257 g/mol. The number of aryl methyl sites for hydroxylation is 1. The van der Waals surface area contributed by atoms with Gasteiger partial charge in [0, 0.05) is 5.02 Å². The second-order valence-corrected chi connectivity index (χ2v) is 4.59. The van der Waals surface area contributed by atoms with Crippen LogP contribution in [0.25, 0.3) is 0 Å². The lowest BCUT2D eigenvalue weighted by Crippen LogP contribution is -2.25. The molecule has 0 bridgehead atoms. The van der Waals surface area contributed by atoms with Crippen LogP contribution in [-0.4, -0.2) is 19.7 Å².